The van der Waals surface area contributed by atoms with E-state index in [0.717, 1.165) is 19.4 Å². The van der Waals surface area contributed by atoms with Crippen LogP contribution in [0.2, 0.25) is 0 Å². The molecule has 0 spiro atoms. The quantitative estimate of drug-likeness (QED) is 0.585. The molecular formula is C24H23F2N3O2S. The SMILES string of the molecule is COc1ccc(-c2sc(C(O)N3CCC[C@H](N)C3)cc2-c2ccc(C#N)c(F)c2)cc1F. The van der Waals surface area contributed by atoms with Gasteiger partial charge >= 0.3 is 0 Å². The Morgan fingerprint density at radius 2 is 1.94 bits per heavy atom. The number of rotatable bonds is 5. The smallest absolute Gasteiger partial charge is 0.165 e. The number of nitrogens with zero attached hydrogens (tertiary/aromatic N) is 2. The molecular weight excluding hydrogens is 432 g/mol. The molecule has 1 aliphatic heterocycles. The van der Waals surface area contributed by atoms with E-state index in [9.17, 15) is 13.9 Å². The summed E-state index contributed by atoms with van der Waals surface area (Å²) in [7, 11) is 1.39. The maximum atomic E-state index is 14.4. The number of methoxy groups -OCH3 is 1. The van der Waals surface area contributed by atoms with Crippen LogP contribution in [-0.4, -0.2) is 36.2 Å². The summed E-state index contributed by atoms with van der Waals surface area (Å²) in [5.74, 6) is -1.02. The van der Waals surface area contributed by atoms with E-state index in [2.05, 4.69) is 0 Å². The van der Waals surface area contributed by atoms with Gasteiger partial charge < -0.3 is 15.6 Å². The van der Waals surface area contributed by atoms with Crippen LogP contribution < -0.4 is 10.5 Å². The Morgan fingerprint density at radius 3 is 2.59 bits per heavy atom. The molecule has 0 radical (unpaired) electrons. The van der Waals surface area contributed by atoms with Crippen molar-refractivity contribution in [3.05, 3.63) is 64.5 Å². The molecule has 166 valence electrons. The molecule has 2 aromatic carbocycles. The van der Waals surface area contributed by atoms with E-state index in [0.29, 0.717) is 33.0 Å². The van der Waals surface area contributed by atoms with Gasteiger partial charge in [0.1, 0.15) is 18.1 Å². The lowest BCUT2D eigenvalue weighted by molar-refractivity contribution is -0.0118. The van der Waals surface area contributed by atoms with Gasteiger partial charge in [-0.25, -0.2) is 8.78 Å². The van der Waals surface area contributed by atoms with Gasteiger partial charge in [0.15, 0.2) is 11.6 Å². The largest absolute Gasteiger partial charge is 0.494 e. The number of benzene rings is 2. The summed E-state index contributed by atoms with van der Waals surface area (Å²) in [5, 5.41) is 20.1. The minimum absolute atomic E-state index is 0.000564. The second-order valence-corrected chi connectivity index (χ2v) is 8.90. The van der Waals surface area contributed by atoms with Crippen molar-refractivity contribution in [2.45, 2.75) is 25.1 Å². The average molecular weight is 456 g/mol. The molecule has 32 heavy (non-hydrogen) atoms. The second-order valence-electron chi connectivity index (χ2n) is 7.82. The minimum atomic E-state index is -0.870. The van der Waals surface area contributed by atoms with Crippen molar-refractivity contribution in [1.82, 2.24) is 4.90 Å². The number of aliphatic hydroxyl groups excluding tert-OH is 1. The number of nitrogens with two attached hydrogens (primary N) is 1. The van der Waals surface area contributed by atoms with E-state index in [1.54, 1.807) is 18.2 Å². The molecule has 8 heteroatoms. The fourth-order valence-electron chi connectivity index (χ4n) is 3.99. The van der Waals surface area contributed by atoms with Gasteiger partial charge in [0.25, 0.3) is 0 Å². The van der Waals surface area contributed by atoms with Crippen molar-refractivity contribution >= 4 is 11.3 Å². The highest BCUT2D eigenvalue weighted by Gasteiger charge is 2.27. The molecule has 3 N–H and O–H groups in total. The Bertz CT molecular complexity index is 1170. The van der Waals surface area contributed by atoms with Crippen LogP contribution in [0.3, 0.4) is 0 Å². The fourth-order valence-corrected chi connectivity index (χ4v) is 5.19. The van der Waals surface area contributed by atoms with Crippen molar-refractivity contribution in [3.8, 4) is 33.4 Å². The first kappa shape index (κ1) is 22.4. The van der Waals surface area contributed by atoms with Gasteiger partial charge in [-0.05, 0) is 60.4 Å². The molecule has 0 bridgehead atoms. The van der Waals surface area contributed by atoms with Gasteiger partial charge in [-0.2, -0.15) is 5.26 Å². The maximum absolute atomic E-state index is 14.4. The van der Waals surface area contributed by atoms with Crippen LogP contribution in [0.15, 0.2) is 42.5 Å². The molecule has 0 amide bonds. The standard InChI is InChI=1S/C24H23F2N3O2S/c1-31-21-7-6-15(10-20(21)26)23-18(14-4-5-16(12-27)19(25)9-14)11-22(32-23)24(30)29-8-2-3-17(28)13-29/h4-7,9-11,17,24,30H,2-3,8,13,28H2,1H3/t17-,24?/m0/s1. The van der Waals surface area contributed by atoms with Gasteiger partial charge in [0, 0.05) is 34.4 Å². The Balaban J connectivity index is 1.81. The lowest BCUT2D eigenvalue weighted by atomic mass is 10.00. The number of thiophene rings is 1. The predicted octanol–water partition coefficient (Wildman–Crippen LogP) is 4.65. The third-order valence-electron chi connectivity index (χ3n) is 5.66. The van der Waals surface area contributed by atoms with Crippen LogP contribution in [-0.2, 0) is 0 Å². The molecule has 0 saturated carbocycles. The molecule has 2 heterocycles. The number of hydrogen-bond donors (Lipinski definition) is 2. The van der Waals surface area contributed by atoms with E-state index in [1.807, 2.05) is 11.0 Å². The summed E-state index contributed by atoms with van der Waals surface area (Å²) in [6.07, 6.45) is 0.943. The zero-order valence-electron chi connectivity index (χ0n) is 17.5. The minimum Gasteiger partial charge on any atom is -0.494 e. The molecule has 1 aromatic heterocycles. The molecule has 5 nitrogen and oxygen atoms in total. The van der Waals surface area contributed by atoms with Gasteiger partial charge in [-0.3, -0.25) is 4.90 Å². The average Bonchev–Trinajstić information content (AvgIpc) is 3.24. The summed E-state index contributed by atoms with van der Waals surface area (Å²) >= 11 is 1.32. The van der Waals surface area contributed by atoms with Crippen molar-refractivity contribution in [3.63, 3.8) is 0 Å². The highest BCUT2D eigenvalue weighted by Crippen LogP contribution is 2.43. The van der Waals surface area contributed by atoms with Gasteiger partial charge in [0.05, 0.1) is 12.7 Å². The molecule has 0 aliphatic carbocycles. The van der Waals surface area contributed by atoms with Crippen molar-refractivity contribution in [2.75, 3.05) is 20.2 Å². The molecule has 2 atom stereocenters. The number of nitriles is 1. The van der Waals surface area contributed by atoms with E-state index in [1.165, 1.54) is 42.7 Å². The van der Waals surface area contributed by atoms with Crippen LogP contribution in [0.1, 0.15) is 29.5 Å². The molecule has 1 aliphatic rings. The summed E-state index contributed by atoms with van der Waals surface area (Å²) in [5.41, 5.74) is 7.80. The van der Waals surface area contributed by atoms with Crippen LogP contribution in [0.4, 0.5) is 8.78 Å². The first-order valence-electron chi connectivity index (χ1n) is 10.3. The van der Waals surface area contributed by atoms with Gasteiger partial charge in [-0.15, -0.1) is 11.3 Å². The van der Waals surface area contributed by atoms with Crippen LogP contribution >= 0.6 is 11.3 Å². The Morgan fingerprint density at radius 1 is 1.19 bits per heavy atom. The number of likely N-dealkylation sites (tertiary alicyclic amines) is 1. The Labute approximate surface area is 189 Å². The highest BCUT2D eigenvalue weighted by molar-refractivity contribution is 7.16. The lowest BCUT2D eigenvalue weighted by Crippen LogP contribution is -2.44. The van der Waals surface area contributed by atoms with Crippen molar-refractivity contribution < 1.29 is 18.6 Å². The second kappa shape index (κ2) is 9.35. The zero-order valence-corrected chi connectivity index (χ0v) is 18.3. The maximum Gasteiger partial charge on any atom is 0.165 e. The summed E-state index contributed by atoms with van der Waals surface area (Å²) < 4.78 is 33.8. The van der Waals surface area contributed by atoms with Gasteiger partial charge in [-0.1, -0.05) is 6.07 Å². The van der Waals surface area contributed by atoms with Crippen molar-refractivity contribution in [1.29, 1.82) is 5.26 Å². The highest BCUT2D eigenvalue weighted by atomic mass is 32.1. The van der Waals surface area contributed by atoms with E-state index in [4.69, 9.17) is 15.7 Å². The zero-order chi connectivity index (χ0) is 22.8. The molecule has 1 saturated heterocycles. The summed E-state index contributed by atoms with van der Waals surface area (Å²) in [6, 6.07) is 12.6. The van der Waals surface area contributed by atoms with Gasteiger partial charge in [0.2, 0.25) is 0 Å². The summed E-state index contributed by atoms with van der Waals surface area (Å²) in [6.45, 7) is 1.30. The molecule has 1 fully saturated rings. The first-order valence-corrected chi connectivity index (χ1v) is 11.1. The normalized spacial score (nSPS) is 17.7. The third-order valence-corrected chi connectivity index (χ3v) is 6.88. The Kier molecular flexibility index (Phi) is 6.53. The lowest BCUT2D eigenvalue weighted by Gasteiger charge is -2.33. The summed E-state index contributed by atoms with van der Waals surface area (Å²) in [4.78, 5) is 3.26. The van der Waals surface area contributed by atoms with Crippen LogP contribution in [0.25, 0.3) is 21.6 Å². The van der Waals surface area contributed by atoms with Crippen LogP contribution in [0, 0.1) is 23.0 Å². The topological polar surface area (TPSA) is 82.5 Å². The van der Waals surface area contributed by atoms with E-state index in [-0.39, 0.29) is 17.4 Å². The monoisotopic (exact) mass is 455 g/mol. The Hall–Kier alpha value is -2.83. The number of ether oxygens (including phenoxy) is 1. The number of halogens is 2. The number of hydrogen-bond acceptors (Lipinski definition) is 6. The first-order chi connectivity index (χ1) is 15.4. The van der Waals surface area contributed by atoms with E-state index < -0.39 is 17.9 Å². The molecule has 4 rings (SSSR count). The van der Waals surface area contributed by atoms with E-state index >= 15 is 0 Å². The number of piperidine rings is 1. The fraction of sp³-hybridized carbons (Fsp3) is 0.292. The predicted molar refractivity (Wildman–Crippen MR) is 120 cm³/mol. The van der Waals surface area contributed by atoms with Crippen molar-refractivity contribution in [2.24, 2.45) is 5.73 Å². The number of aliphatic hydroxyl groups is 1. The molecule has 1 unspecified atom stereocenters. The molecule has 3 aromatic rings. The van der Waals surface area contributed by atoms with Crippen LogP contribution in [0.5, 0.6) is 5.75 Å². The third kappa shape index (κ3) is 4.38.